The maximum absolute atomic E-state index is 12.7. The van der Waals surface area contributed by atoms with Crippen molar-refractivity contribution in [2.45, 2.75) is 45.0 Å². The molecule has 0 atom stereocenters. The van der Waals surface area contributed by atoms with Gasteiger partial charge in [0, 0.05) is 42.8 Å². The Hall–Kier alpha value is -2.55. The van der Waals surface area contributed by atoms with E-state index >= 15 is 0 Å². The van der Waals surface area contributed by atoms with Gasteiger partial charge < -0.3 is 4.90 Å². The first-order valence-electron chi connectivity index (χ1n) is 10.7. The molecule has 0 radical (unpaired) electrons. The lowest BCUT2D eigenvalue weighted by Crippen LogP contribution is -2.37. The maximum atomic E-state index is 12.7. The number of hydrogen-bond donors (Lipinski definition) is 1. The molecule has 0 fully saturated rings. The first-order chi connectivity index (χ1) is 15.4. The van der Waals surface area contributed by atoms with E-state index in [1.165, 1.54) is 4.88 Å². The quantitative estimate of drug-likeness (QED) is 0.547. The van der Waals surface area contributed by atoms with Crippen LogP contribution in [0.2, 0.25) is 0 Å². The molecule has 1 aliphatic rings. The lowest BCUT2D eigenvalue weighted by molar-refractivity contribution is -0.132. The van der Waals surface area contributed by atoms with Crippen molar-refractivity contribution < 1.29 is 13.2 Å². The number of pyridine rings is 1. The van der Waals surface area contributed by atoms with Crippen molar-refractivity contribution >= 4 is 27.3 Å². The molecular formula is C24H27N3O3S2. The van der Waals surface area contributed by atoms with Gasteiger partial charge in [-0.05, 0) is 53.5 Å². The number of amides is 1. The number of carbonyl (C=O) groups is 1. The normalized spacial score (nSPS) is 13.7. The van der Waals surface area contributed by atoms with Crippen LogP contribution >= 0.6 is 11.3 Å². The van der Waals surface area contributed by atoms with Crippen LogP contribution in [0.15, 0.2) is 54.0 Å². The van der Waals surface area contributed by atoms with Crippen LogP contribution < -0.4 is 4.72 Å². The number of carbonyl (C=O) groups excluding carboxylic acids is 1. The van der Waals surface area contributed by atoms with Gasteiger partial charge in [0.2, 0.25) is 15.9 Å². The number of nitrogens with one attached hydrogen (secondary N) is 1. The standard InChI is InChI=1S/C24H27N3O3S2/c1-18-23(15-26-32(29,30)17-19-6-3-2-4-7-19)22-11-12-27(16-20(22)14-25-18)24(28)10-9-21-8-5-13-31-21/h2-8,13-14,26H,9-12,15-17H2,1H3. The van der Waals surface area contributed by atoms with Gasteiger partial charge in [0.25, 0.3) is 0 Å². The summed E-state index contributed by atoms with van der Waals surface area (Å²) in [5.41, 5.74) is 4.61. The Balaban J connectivity index is 1.41. The molecule has 168 valence electrons. The van der Waals surface area contributed by atoms with Crippen LogP contribution in [-0.4, -0.2) is 30.8 Å². The van der Waals surface area contributed by atoms with E-state index in [1.54, 1.807) is 23.5 Å². The summed E-state index contributed by atoms with van der Waals surface area (Å²) in [6, 6.07) is 13.2. The summed E-state index contributed by atoms with van der Waals surface area (Å²) in [5.74, 6) is 0.0942. The zero-order valence-corrected chi connectivity index (χ0v) is 19.7. The summed E-state index contributed by atoms with van der Waals surface area (Å²) in [7, 11) is -3.47. The van der Waals surface area contributed by atoms with Gasteiger partial charge >= 0.3 is 0 Å². The van der Waals surface area contributed by atoms with Crippen LogP contribution in [-0.2, 0) is 46.5 Å². The topological polar surface area (TPSA) is 79.4 Å². The van der Waals surface area contributed by atoms with Gasteiger partial charge in [-0.1, -0.05) is 36.4 Å². The highest BCUT2D eigenvalue weighted by atomic mass is 32.2. The van der Waals surface area contributed by atoms with Gasteiger partial charge in [0.1, 0.15) is 0 Å². The Morgan fingerprint density at radius 3 is 2.75 bits per heavy atom. The van der Waals surface area contributed by atoms with Crippen molar-refractivity contribution in [3.63, 3.8) is 0 Å². The van der Waals surface area contributed by atoms with Crippen molar-refractivity contribution in [1.82, 2.24) is 14.6 Å². The lowest BCUT2D eigenvalue weighted by Gasteiger charge is -2.30. The van der Waals surface area contributed by atoms with E-state index in [0.29, 0.717) is 25.9 Å². The van der Waals surface area contributed by atoms with Crippen molar-refractivity contribution in [3.05, 3.63) is 86.9 Å². The number of rotatable bonds is 8. The molecule has 0 aliphatic carbocycles. The van der Waals surface area contributed by atoms with E-state index in [0.717, 1.165) is 34.4 Å². The number of benzene rings is 1. The second-order valence-corrected chi connectivity index (χ2v) is 10.9. The summed E-state index contributed by atoms with van der Waals surface area (Å²) in [6.07, 6.45) is 3.80. The molecule has 0 bridgehead atoms. The van der Waals surface area contributed by atoms with Crippen LogP contribution in [0, 0.1) is 6.92 Å². The molecule has 1 amide bonds. The third kappa shape index (κ3) is 5.62. The molecule has 0 saturated carbocycles. The van der Waals surface area contributed by atoms with Crippen molar-refractivity contribution in [2.24, 2.45) is 0 Å². The third-order valence-corrected chi connectivity index (χ3v) is 8.02. The molecule has 3 aromatic rings. The second kappa shape index (κ2) is 9.94. The summed E-state index contributed by atoms with van der Waals surface area (Å²) < 4.78 is 27.9. The molecular weight excluding hydrogens is 442 g/mol. The largest absolute Gasteiger partial charge is 0.338 e. The number of hydrogen-bond acceptors (Lipinski definition) is 5. The number of aryl methyl sites for hydroxylation is 2. The molecule has 1 aliphatic heterocycles. The highest BCUT2D eigenvalue weighted by Gasteiger charge is 2.24. The fraction of sp³-hybridized carbons (Fsp3) is 0.333. The van der Waals surface area contributed by atoms with Gasteiger partial charge in [-0.2, -0.15) is 0 Å². The molecule has 0 saturated heterocycles. The first-order valence-corrected chi connectivity index (χ1v) is 13.2. The Kier molecular flexibility index (Phi) is 7.03. The van der Waals surface area contributed by atoms with Crippen molar-refractivity contribution in [1.29, 1.82) is 0 Å². The predicted octanol–water partition coefficient (Wildman–Crippen LogP) is 3.59. The van der Waals surface area contributed by atoms with Crippen LogP contribution in [0.25, 0.3) is 0 Å². The number of aromatic nitrogens is 1. The van der Waals surface area contributed by atoms with Gasteiger partial charge in [0.05, 0.1) is 5.75 Å². The van der Waals surface area contributed by atoms with E-state index in [4.69, 9.17) is 0 Å². The monoisotopic (exact) mass is 469 g/mol. The van der Waals surface area contributed by atoms with Crippen molar-refractivity contribution in [3.8, 4) is 0 Å². The minimum atomic E-state index is -3.47. The number of fused-ring (bicyclic) bond motifs is 1. The minimum absolute atomic E-state index is 0.0537. The Bertz CT molecular complexity index is 1180. The third-order valence-electron chi connectivity index (χ3n) is 5.78. The van der Waals surface area contributed by atoms with Gasteiger partial charge in [-0.25, -0.2) is 13.1 Å². The number of nitrogens with zero attached hydrogens (tertiary/aromatic N) is 2. The zero-order valence-electron chi connectivity index (χ0n) is 18.1. The van der Waals surface area contributed by atoms with Gasteiger partial charge in [-0.15, -0.1) is 11.3 Å². The van der Waals surface area contributed by atoms with Crippen LogP contribution in [0.5, 0.6) is 0 Å². The van der Waals surface area contributed by atoms with E-state index < -0.39 is 10.0 Å². The smallest absolute Gasteiger partial charge is 0.223 e. The minimum Gasteiger partial charge on any atom is -0.338 e. The summed E-state index contributed by atoms with van der Waals surface area (Å²) in [5, 5.41) is 2.03. The Morgan fingerprint density at radius 2 is 2.00 bits per heavy atom. The fourth-order valence-electron chi connectivity index (χ4n) is 4.04. The highest BCUT2D eigenvalue weighted by molar-refractivity contribution is 7.88. The second-order valence-electron chi connectivity index (χ2n) is 8.04. The molecule has 6 nitrogen and oxygen atoms in total. The molecule has 1 N–H and O–H groups in total. The average molecular weight is 470 g/mol. The van der Waals surface area contributed by atoms with E-state index in [-0.39, 0.29) is 18.2 Å². The SMILES string of the molecule is Cc1ncc2c(c1CNS(=O)(=O)Cc1ccccc1)CCN(C(=O)CCc1cccs1)C2. The number of thiophene rings is 1. The Labute approximate surface area is 193 Å². The number of sulfonamides is 1. The molecule has 3 heterocycles. The molecule has 2 aromatic heterocycles. The molecule has 0 unspecified atom stereocenters. The van der Waals surface area contributed by atoms with E-state index in [9.17, 15) is 13.2 Å². The fourth-order valence-corrected chi connectivity index (χ4v) is 5.85. The highest BCUT2D eigenvalue weighted by Crippen LogP contribution is 2.25. The van der Waals surface area contributed by atoms with Crippen LogP contribution in [0.3, 0.4) is 0 Å². The maximum Gasteiger partial charge on any atom is 0.223 e. The van der Waals surface area contributed by atoms with Gasteiger partial charge in [0.15, 0.2) is 0 Å². The summed E-state index contributed by atoms with van der Waals surface area (Å²) >= 11 is 1.67. The van der Waals surface area contributed by atoms with E-state index in [2.05, 4.69) is 15.8 Å². The molecule has 1 aromatic carbocycles. The zero-order chi connectivity index (χ0) is 22.6. The average Bonchev–Trinajstić information content (AvgIpc) is 3.30. The van der Waals surface area contributed by atoms with Crippen molar-refractivity contribution in [2.75, 3.05) is 6.54 Å². The summed E-state index contributed by atoms with van der Waals surface area (Å²) in [6.45, 7) is 3.28. The van der Waals surface area contributed by atoms with Gasteiger partial charge in [-0.3, -0.25) is 9.78 Å². The Morgan fingerprint density at radius 1 is 1.19 bits per heavy atom. The van der Waals surface area contributed by atoms with Crippen LogP contribution in [0.1, 0.15) is 39.2 Å². The molecule has 0 spiro atoms. The first kappa shape index (κ1) is 22.6. The van der Waals surface area contributed by atoms with Crippen LogP contribution in [0.4, 0.5) is 0 Å². The van der Waals surface area contributed by atoms with E-state index in [1.807, 2.05) is 47.7 Å². The summed E-state index contributed by atoms with van der Waals surface area (Å²) in [4.78, 5) is 20.3. The predicted molar refractivity (Wildman–Crippen MR) is 127 cm³/mol. The molecule has 4 rings (SSSR count). The molecule has 8 heteroatoms. The lowest BCUT2D eigenvalue weighted by atomic mass is 9.95. The molecule has 32 heavy (non-hydrogen) atoms.